The van der Waals surface area contributed by atoms with Gasteiger partial charge in [-0.3, -0.25) is 0 Å². The molecule has 0 unspecified atom stereocenters. The molecular formula is C13H12N6S. The zero-order valence-corrected chi connectivity index (χ0v) is 11.6. The van der Waals surface area contributed by atoms with Gasteiger partial charge in [-0.2, -0.15) is 20.1 Å². The second-order valence-electron chi connectivity index (χ2n) is 3.86. The van der Waals surface area contributed by atoms with Gasteiger partial charge in [0.1, 0.15) is 0 Å². The van der Waals surface area contributed by atoms with E-state index in [1.54, 1.807) is 24.1 Å². The van der Waals surface area contributed by atoms with Crippen molar-refractivity contribution in [3.05, 3.63) is 48.8 Å². The van der Waals surface area contributed by atoms with Gasteiger partial charge in [-0.25, -0.2) is 4.68 Å². The molecule has 0 bridgehead atoms. The predicted molar refractivity (Wildman–Crippen MR) is 77.1 cm³/mol. The maximum Gasteiger partial charge on any atom is 0.256 e. The van der Waals surface area contributed by atoms with Gasteiger partial charge in [0, 0.05) is 24.3 Å². The molecule has 20 heavy (non-hydrogen) atoms. The number of rotatable bonds is 4. The minimum atomic E-state index is 0.493. The van der Waals surface area contributed by atoms with Gasteiger partial charge in [0.2, 0.25) is 5.95 Å². The lowest BCUT2D eigenvalue weighted by Gasteiger charge is -2.06. The number of hydrogen-bond donors (Lipinski definition) is 1. The molecule has 0 atom stereocenters. The van der Waals surface area contributed by atoms with E-state index >= 15 is 0 Å². The van der Waals surface area contributed by atoms with Gasteiger partial charge < -0.3 is 5.32 Å². The summed E-state index contributed by atoms with van der Waals surface area (Å²) in [4.78, 5) is 14.1. The molecular weight excluding hydrogens is 272 g/mol. The first-order chi connectivity index (χ1) is 9.85. The molecule has 2 aromatic heterocycles. The highest BCUT2D eigenvalue weighted by Gasteiger charge is 2.08. The minimum Gasteiger partial charge on any atom is -0.357 e. The maximum atomic E-state index is 4.42. The van der Waals surface area contributed by atoms with Crippen LogP contribution in [0.1, 0.15) is 0 Å². The van der Waals surface area contributed by atoms with E-state index in [1.807, 2.05) is 36.4 Å². The molecule has 0 aliphatic carbocycles. The van der Waals surface area contributed by atoms with Crippen molar-refractivity contribution in [2.24, 2.45) is 0 Å². The van der Waals surface area contributed by atoms with Crippen molar-refractivity contribution in [1.82, 2.24) is 24.7 Å². The Kier molecular flexibility index (Phi) is 3.60. The maximum absolute atomic E-state index is 4.42. The van der Waals surface area contributed by atoms with Crippen LogP contribution >= 0.6 is 11.8 Å². The molecule has 1 N–H and O–H groups in total. The summed E-state index contributed by atoms with van der Waals surface area (Å²) in [6.07, 6.45) is 3.48. The third-order valence-corrected chi connectivity index (χ3v) is 3.36. The lowest BCUT2D eigenvalue weighted by atomic mass is 10.4. The SMILES string of the molecule is CNc1nc(Sc2ccccc2)nc(-n2cccn2)n1. The predicted octanol–water partition coefficient (Wildman–Crippen LogP) is 2.25. The van der Waals surface area contributed by atoms with Crippen molar-refractivity contribution >= 4 is 17.7 Å². The van der Waals surface area contributed by atoms with Crippen molar-refractivity contribution < 1.29 is 0 Å². The van der Waals surface area contributed by atoms with Crippen LogP contribution in [-0.2, 0) is 0 Å². The Morgan fingerprint density at radius 2 is 1.90 bits per heavy atom. The summed E-state index contributed by atoms with van der Waals surface area (Å²) in [7, 11) is 1.78. The Morgan fingerprint density at radius 1 is 1.05 bits per heavy atom. The highest BCUT2D eigenvalue weighted by atomic mass is 32.2. The fraction of sp³-hybridized carbons (Fsp3) is 0.0769. The summed E-state index contributed by atoms with van der Waals surface area (Å²) in [6.45, 7) is 0. The van der Waals surface area contributed by atoms with Gasteiger partial charge in [0.05, 0.1) is 0 Å². The van der Waals surface area contributed by atoms with E-state index in [-0.39, 0.29) is 0 Å². The van der Waals surface area contributed by atoms with E-state index < -0.39 is 0 Å². The molecule has 1 aromatic carbocycles. The van der Waals surface area contributed by atoms with Crippen molar-refractivity contribution in [3.63, 3.8) is 0 Å². The normalized spacial score (nSPS) is 10.4. The molecule has 0 amide bonds. The molecule has 6 nitrogen and oxygen atoms in total. The van der Waals surface area contributed by atoms with Gasteiger partial charge in [0.25, 0.3) is 5.95 Å². The first-order valence-corrected chi connectivity index (χ1v) is 6.83. The first-order valence-electron chi connectivity index (χ1n) is 6.02. The molecule has 7 heteroatoms. The Balaban J connectivity index is 1.96. The smallest absolute Gasteiger partial charge is 0.256 e. The van der Waals surface area contributed by atoms with Gasteiger partial charge >= 0.3 is 0 Å². The van der Waals surface area contributed by atoms with Crippen LogP contribution in [0.4, 0.5) is 5.95 Å². The lowest BCUT2D eigenvalue weighted by molar-refractivity contribution is 0.762. The zero-order valence-electron chi connectivity index (χ0n) is 10.8. The largest absolute Gasteiger partial charge is 0.357 e. The van der Waals surface area contributed by atoms with Crippen LogP contribution in [-0.4, -0.2) is 31.8 Å². The summed E-state index contributed by atoms with van der Waals surface area (Å²) in [6, 6.07) is 11.8. The molecule has 0 saturated carbocycles. The molecule has 0 spiro atoms. The molecule has 2 heterocycles. The summed E-state index contributed by atoms with van der Waals surface area (Å²) in [5.41, 5.74) is 0. The summed E-state index contributed by atoms with van der Waals surface area (Å²) < 4.78 is 1.61. The van der Waals surface area contributed by atoms with E-state index in [1.165, 1.54) is 11.8 Å². The molecule has 0 radical (unpaired) electrons. The molecule has 3 rings (SSSR count). The zero-order chi connectivity index (χ0) is 13.8. The molecule has 0 aliphatic heterocycles. The van der Waals surface area contributed by atoms with Crippen LogP contribution in [0.15, 0.2) is 58.8 Å². The number of nitrogens with zero attached hydrogens (tertiary/aromatic N) is 5. The molecule has 0 saturated heterocycles. The van der Waals surface area contributed by atoms with Gasteiger partial charge in [-0.1, -0.05) is 18.2 Å². The quantitative estimate of drug-likeness (QED) is 0.792. The van der Waals surface area contributed by atoms with Crippen molar-refractivity contribution in [2.45, 2.75) is 10.1 Å². The Morgan fingerprint density at radius 3 is 2.60 bits per heavy atom. The highest BCUT2D eigenvalue weighted by molar-refractivity contribution is 7.99. The number of hydrogen-bond acceptors (Lipinski definition) is 6. The second kappa shape index (κ2) is 5.70. The third kappa shape index (κ3) is 2.77. The monoisotopic (exact) mass is 284 g/mol. The van der Waals surface area contributed by atoms with E-state index in [0.717, 1.165) is 4.90 Å². The Bertz CT molecular complexity index is 683. The average Bonchev–Trinajstić information content (AvgIpc) is 3.02. The van der Waals surface area contributed by atoms with E-state index in [2.05, 4.69) is 25.4 Å². The van der Waals surface area contributed by atoms with Gasteiger partial charge in [-0.05, 0) is 30.0 Å². The summed E-state index contributed by atoms with van der Waals surface area (Å²) in [5, 5.41) is 7.70. The van der Waals surface area contributed by atoms with E-state index in [0.29, 0.717) is 17.1 Å². The minimum absolute atomic E-state index is 0.493. The fourth-order valence-electron chi connectivity index (χ4n) is 1.59. The standard InChI is InChI=1S/C13H12N6S/c1-14-11-16-12(19-9-5-8-15-19)18-13(17-11)20-10-6-3-2-4-7-10/h2-9H,1H3,(H,14,16,17,18). The molecule has 100 valence electrons. The average molecular weight is 284 g/mol. The summed E-state index contributed by atoms with van der Waals surface area (Å²) >= 11 is 1.49. The number of benzene rings is 1. The van der Waals surface area contributed by atoms with Crippen LogP contribution in [0.2, 0.25) is 0 Å². The lowest BCUT2D eigenvalue weighted by Crippen LogP contribution is -2.07. The van der Waals surface area contributed by atoms with Gasteiger partial charge in [-0.15, -0.1) is 0 Å². The fourth-order valence-corrected chi connectivity index (χ4v) is 2.35. The number of nitrogens with one attached hydrogen (secondary N) is 1. The number of aromatic nitrogens is 5. The number of anilines is 1. The van der Waals surface area contributed by atoms with Crippen LogP contribution in [0.3, 0.4) is 0 Å². The molecule has 0 aliphatic rings. The summed E-state index contributed by atoms with van der Waals surface area (Å²) in [5.74, 6) is 1.01. The highest BCUT2D eigenvalue weighted by Crippen LogP contribution is 2.25. The first kappa shape index (κ1) is 12.6. The molecule has 0 fully saturated rings. The third-order valence-electron chi connectivity index (χ3n) is 2.49. The van der Waals surface area contributed by atoms with E-state index in [4.69, 9.17) is 0 Å². The van der Waals surface area contributed by atoms with Crippen molar-refractivity contribution in [3.8, 4) is 5.95 Å². The van der Waals surface area contributed by atoms with Crippen LogP contribution in [0.25, 0.3) is 5.95 Å². The van der Waals surface area contributed by atoms with Crippen LogP contribution in [0, 0.1) is 0 Å². The van der Waals surface area contributed by atoms with Crippen LogP contribution < -0.4 is 5.32 Å². The Hall–Kier alpha value is -2.41. The van der Waals surface area contributed by atoms with Crippen molar-refractivity contribution in [2.75, 3.05) is 12.4 Å². The Labute approximate surface area is 120 Å². The van der Waals surface area contributed by atoms with Crippen LogP contribution in [0.5, 0.6) is 0 Å². The molecule has 3 aromatic rings. The second-order valence-corrected chi connectivity index (χ2v) is 4.90. The topological polar surface area (TPSA) is 68.5 Å². The van der Waals surface area contributed by atoms with Gasteiger partial charge in [0.15, 0.2) is 5.16 Å². The van der Waals surface area contributed by atoms with E-state index in [9.17, 15) is 0 Å². The van der Waals surface area contributed by atoms with Crippen molar-refractivity contribution in [1.29, 1.82) is 0 Å².